The Hall–Kier alpha value is -0.350. The van der Waals surface area contributed by atoms with Crippen LogP contribution in [-0.2, 0) is 19.5 Å². The molecule has 0 aliphatic heterocycles. The van der Waals surface area contributed by atoms with Crippen molar-refractivity contribution in [2.24, 2.45) is 5.92 Å². The highest BCUT2D eigenvalue weighted by atomic mass is 79.9. The van der Waals surface area contributed by atoms with E-state index in [-0.39, 0.29) is 0 Å². The van der Waals surface area contributed by atoms with Crippen LogP contribution in [0.25, 0.3) is 0 Å². The van der Waals surface area contributed by atoms with Gasteiger partial charge in [0.2, 0.25) is 0 Å². The van der Waals surface area contributed by atoms with E-state index in [9.17, 15) is 0 Å². The van der Waals surface area contributed by atoms with Gasteiger partial charge in [-0.1, -0.05) is 13.8 Å². The van der Waals surface area contributed by atoms with E-state index in [0.717, 1.165) is 25.4 Å². The van der Waals surface area contributed by atoms with Crippen LogP contribution in [0.15, 0.2) is 4.47 Å². The fourth-order valence-corrected chi connectivity index (χ4v) is 3.29. The van der Waals surface area contributed by atoms with Crippen molar-refractivity contribution in [3.63, 3.8) is 0 Å². The molecule has 19 heavy (non-hydrogen) atoms. The van der Waals surface area contributed by atoms with Gasteiger partial charge in [-0.2, -0.15) is 5.10 Å². The van der Waals surface area contributed by atoms with E-state index >= 15 is 0 Å². The first-order valence-corrected chi connectivity index (χ1v) is 8.45. The van der Waals surface area contributed by atoms with Crippen molar-refractivity contribution < 1.29 is 0 Å². The smallest absolute Gasteiger partial charge is 0.0767 e. The summed E-state index contributed by atoms with van der Waals surface area (Å²) in [4.78, 5) is 2.60. The first kappa shape index (κ1) is 15.0. The summed E-state index contributed by atoms with van der Waals surface area (Å²) in [6.07, 6.45) is 5.07. The summed E-state index contributed by atoms with van der Waals surface area (Å²) in [5.74, 6) is 0.953. The molecule has 0 aromatic carbocycles. The predicted molar refractivity (Wildman–Crippen MR) is 83.3 cm³/mol. The van der Waals surface area contributed by atoms with Crippen LogP contribution < -0.4 is 0 Å². The van der Waals surface area contributed by atoms with Crippen molar-refractivity contribution in [2.75, 3.05) is 13.1 Å². The predicted octanol–water partition coefficient (Wildman–Crippen LogP) is 3.85. The van der Waals surface area contributed by atoms with E-state index in [4.69, 9.17) is 5.10 Å². The number of hydrogen-bond donors (Lipinski definition) is 0. The molecule has 0 saturated heterocycles. The van der Waals surface area contributed by atoms with Crippen LogP contribution >= 0.6 is 15.9 Å². The zero-order chi connectivity index (χ0) is 13.8. The number of hydrogen-bond acceptors (Lipinski definition) is 2. The van der Waals surface area contributed by atoms with E-state index in [1.54, 1.807) is 0 Å². The van der Waals surface area contributed by atoms with Crippen LogP contribution in [-0.4, -0.2) is 27.8 Å². The number of nitrogens with zero attached hydrogens (tertiary/aromatic N) is 3. The third-order valence-electron chi connectivity index (χ3n) is 3.82. The second kappa shape index (κ2) is 6.89. The first-order valence-electron chi connectivity index (χ1n) is 7.65. The first-order chi connectivity index (χ1) is 9.19. The maximum atomic E-state index is 4.70. The highest BCUT2D eigenvalue weighted by molar-refractivity contribution is 9.10. The lowest BCUT2D eigenvalue weighted by Gasteiger charge is -2.22. The number of aromatic nitrogens is 2. The molecule has 0 amide bonds. The molecule has 1 aromatic rings. The third kappa shape index (κ3) is 3.82. The van der Waals surface area contributed by atoms with E-state index in [0.29, 0.717) is 0 Å². The molecule has 1 fully saturated rings. The van der Waals surface area contributed by atoms with Gasteiger partial charge < -0.3 is 0 Å². The summed E-state index contributed by atoms with van der Waals surface area (Å²) in [5.41, 5.74) is 2.55. The molecule has 1 heterocycles. The van der Waals surface area contributed by atoms with Gasteiger partial charge in [0.15, 0.2) is 0 Å². The molecular weight excluding hydrogens is 302 g/mol. The van der Waals surface area contributed by atoms with Gasteiger partial charge >= 0.3 is 0 Å². The van der Waals surface area contributed by atoms with E-state index < -0.39 is 0 Å². The zero-order valence-corrected chi connectivity index (χ0v) is 14.0. The Morgan fingerprint density at radius 2 is 2.05 bits per heavy atom. The van der Waals surface area contributed by atoms with Crippen LogP contribution in [0.2, 0.25) is 0 Å². The molecule has 0 atom stereocenters. The van der Waals surface area contributed by atoms with Gasteiger partial charge in [-0.15, -0.1) is 0 Å². The Morgan fingerprint density at radius 3 is 2.58 bits per heavy atom. The lowest BCUT2D eigenvalue weighted by Crippen LogP contribution is -2.27. The van der Waals surface area contributed by atoms with Gasteiger partial charge in [0, 0.05) is 19.6 Å². The molecule has 0 bridgehead atoms. The molecular formula is C15H26BrN3. The molecule has 0 radical (unpaired) electrons. The molecule has 1 aliphatic rings. The van der Waals surface area contributed by atoms with Crippen LogP contribution in [0.5, 0.6) is 0 Å². The van der Waals surface area contributed by atoms with Crippen molar-refractivity contribution >= 4 is 15.9 Å². The Labute approximate surface area is 125 Å². The number of rotatable bonds is 8. The van der Waals surface area contributed by atoms with E-state index in [1.165, 1.54) is 48.2 Å². The summed E-state index contributed by atoms with van der Waals surface area (Å²) < 4.78 is 3.40. The van der Waals surface area contributed by atoms with Crippen LogP contribution in [0.1, 0.15) is 51.4 Å². The van der Waals surface area contributed by atoms with Gasteiger partial charge in [0.1, 0.15) is 0 Å². The minimum Gasteiger partial charge on any atom is -0.297 e. The number of aryl methyl sites for hydroxylation is 2. The Balaban J connectivity index is 2.11. The molecule has 4 heteroatoms. The maximum Gasteiger partial charge on any atom is 0.0767 e. The lowest BCUT2D eigenvalue weighted by atomic mass is 10.2. The average Bonchev–Trinajstić information content (AvgIpc) is 3.16. The lowest BCUT2D eigenvalue weighted by molar-refractivity contribution is 0.247. The van der Waals surface area contributed by atoms with Gasteiger partial charge in [-0.25, -0.2) is 0 Å². The van der Waals surface area contributed by atoms with Gasteiger partial charge in [-0.05, 0) is 61.0 Å². The summed E-state index contributed by atoms with van der Waals surface area (Å²) in [7, 11) is 0. The third-order valence-corrected chi connectivity index (χ3v) is 4.74. The van der Waals surface area contributed by atoms with Crippen molar-refractivity contribution in [2.45, 2.75) is 59.5 Å². The van der Waals surface area contributed by atoms with Crippen LogP contribution in [0.3, 0.4) is 0 Å². The molecule has 0 N–H and O–H groups in total. The van der Waals surface area contributed by atoms with Gasteiger partial charge in [0.25, 0.3) is 0 Å². The zero-order valence-electron chi connectivity index (χ0n) is 12.5. The highest BCUT2D eigenvalue weighted by Crippen LogP contribution is 2.31. The van der Waals surface area contributed by atoms with Crippen molar-refractivity contribution in [1.29, 1.82) is 0 Å². The monoisotopic (exact) mass is 327 g/mol. The normalized spacial score (nSPS) is 15.4. The highest BCUT2D eigenvalue weighted by Gasteiger charge is 2.25. The summed E-state index contributed by atoms with van der Waals surface area (Å²) in [5, 5.41) is 4.70. The summed E-state index contributed by atoms with van der Waals surface area (Å²) in [6.45, 7) is 11.1. The maximum absolute atomic E-state index is 4.70. The van der Waals surface area contributed by atoms with Crippen molar-refractivity contribution in [1.82, 2.24) is 14.7 Å². The van der Waals surface area contributed by atoms with Crippen molar-refractivity contribution in [3.8, 4) is 0 Å². The Morgan fingerprint density at radius 1 is 1.32 bits per heavy atom. The molecule has 108 valence electrons. The largest absolute Gasteiger partial charge is 0.297 e. The minimum absolute atomic E-state index is 0.953. The average molecular weight is 328 g/mol. The number of halogens is 1. The van der Waals surface area contributed by atoms with Gasteiger partial charge in [-0.3, -0.25) is 9.58 Å². The van der Waals surface area contributed by atoms with Crippen LogP contribution in [0, 0.1) is 5.92 Å². The fraction of sp³-hybridized carbons (Fsp3) is 0.800. The second-order valence-electron chi connectivity index (χ2n) is 5.56. The molecule has 1 aliphatic carbocycles. The minimum atomic E-state index is 0.953. The Kier molecular flexibility index (Phi) is 5.46. The molecule has 0 spiro atoms. The van der Waals surface area contributed by atoms with E-state index in [2.05, 4.69) is 46.3 Å². The molecule has 3 nitrogen and oxygen atoms in total. The second-order valence-corrected chi connectivity index (χ2v) is 6.35. The molecule has 1 aromatic heterocycles. The Bertz CT molecular complexity index is 410. The molecule has 0 unspecified atom stereocenters. The SMILES string of the molecule is CCCN(Cc1c(Br)c(CC)nn1CC)CC1CC1. The summed E-state index contributed by atoms with van der Waals surface area (Å²) >= 11 is 3.75. The van der Waals surface area contributed by atoms with Gasteiger partial charge in [0.05, 0.1) is 15.9 Å². The quantitative estimate of drug-likeness (QED) is 0.723. The molecule has 1 saturated carbocycles. The molecule has 2 rings (SSSR count). The van der Waals surface area contributed by atoms with Crippen molar-refractivity contribution in [3.05, 3.63) is 15.9 Å². The topological polar surface area (TPSA) is 21.1 Å². The summed E-state index contributed by atoms with van der Waals surface area (Å²) in [6, 6.07) is 0. The standard InChI is InChI=1S/C15H26BrN3/c1-4-9-18(10-12-7-8-12)11-14-15(16)13(5-2)17-19(14)6-3/h12H,4-11H2,1-3H3. The van der Waals surface area contributed by atoms with Crippen LogP contribution in [0.4, 0.5) is 0 Å². The van der Waals surface area contributed by atoms with E-state index in [1.807, 2.05) is 0 Å². The fourth-order valence-electron chi connectivity index (χ4n) is 2.60.